The van der Waals surface area contributed by atoms with Crippen molar-refractivity contribution in [3.05, 3.63) is 12.2 Å². The van der Waals surface area contributed by atoms with Gasteiger partial charge in [0.1, 0.15) is 12.9 Å². The molecule has 0 radical (unpaired) electrons. The summed E-state index contributed by atoms with van der Waals surface area (Å²) in [7, 11) is 1.57. The molecule has 0 N–H and O–H groups in total. The molecule has 1 aliphatic rings. The predicted molar refractivity (Wildman–Crippen MR) is 46.1 cm³/mol. The van der Waals surface area contributed by atoms with Gasteiger partial charge >= 0.3 is 5.97 Å². The van der Waals surface area contributed by atoms with Gasteiger partial charge < -0.3 is 14.2 Å². The van der Waals surface area contributed by atoms with Crippen LogP contribution in [0.5, 0.6) is 0 Å². The molecular weight excluding hydrogens is 172 g/mol. The Morgan fingerprint density at radius 3 is 2.77 bits per heavy atom. The highest BCUT2D eigenvalue weighted by molar-refractivity contribution is 5.66. The van der Waals surface area contributed by atoms with Crippen LogP contribution < -0.4 is 0 Å². The van der Waals surface area contributed by atoms with Gasteiger partial charge in [0, 0.05) is 20.5 Å². The summed E-state index contributed by atoms with van der Waals surface area (Å²) in [6, 6.07) is 0. The summed E-state index contributed by atoms with van der Waals surface area (Å²) in [6.07, 6.45) is 4.26. The van der Waals surface area contributed by atoms with Crippen molar-refractivity contribution in [1.29, 1.82) is 0 Å². The third-order valence-electron chi connectivity index (χ3n) is 1.72. The molecule has 0 spiro atoms. The topological polar surface area (TPSA) is 44.8 Å². The second-order valence-corrected chi connectivity index (χ2v) is 2.88. The Morgan fingerprint density at radius 1 is 1.46 bits per heavy atom. The van der Waals surface area contributed by atoms with Crippen molar-refractivity contribution in [2.45, 2.75) is 25.6 Å². The SMILES string of the molecule is COCO[C@H]1C=C[C@@H](OC(C)=O)C1. The minimum atomic E-state index is -0.262. The molecule has 13 heavy (non-hydrogen) atoms. The summed E-state index contributed by atoms with van der Waals surface area (Å²) in [4.78, 5) is 10.6. The number of methoxy groups -OCH3 is 1. The lowest BCUT2D eigenvalue weighted by atomic mass is 10.3. The molecule has 1 aliphatic carbocycles. The Bertz CT molecular complexity index is 200. The number of hydrogen-bond acceptors (Lipinski definition) is 4. The Kier molecular flexibility index (Phi) is 3.92. The van der Waals surface area contributed by atoms with Crippen LogP contribution in [0.25, 0.3) is 0 Å². The van der Waals surface area contributed by atoms with Crippen molar-refractivity contribution in [2.75, 3.05) is 13.9 Å². The number of hydrogen-bond donors (Lipinski definition) is 0. The molecule has 74 valence electrons. The molecule has 0 bridgehead atoms. The van der Waals surface area contributed by atoms with E-state index in [1.165, 1.54) is 6.92 Å². The molecule has 4 heteroatoms. The molecule has 0 aromatic carbocycles. The zero-order valence-corrected chi connectivity index (χ0v) is 7.86. The standard InChI is InChI=1S/C9H14O4/c1-7(10)13-9-4-3-8(5-9)12-6-11-2/h3-4,8-9H,5-6H2,1-2H3/t8-,9+/m0/s1. The molecule has 2 atom stereocenters. The summed E-state index contributed by atoms with van der Waals surface area (Å²) >= 11 is 0. The van der Waals surface area contributed by atoms with Crippen LogP contribution in [0.4, 0.5) is 0 Å². The molecule has 0 aliphatic heterocycles. The number of carbonyl (C=O) groups is 1. The average Bonchev–Trinajstić information content (AvgIpc) is 2.48. The number of esters is 1. The van der Waals surface area contributed by atoms with Crippen LogP contribution in [0.3, 0.4) is 0 Å². The Balaban J connectivity index is 2.21. The number of rotatable bonds is 4. The third-order valence-corrected chi connectivity index (χ3v) is 1.72. The van der Waals surface area contributed by atoms with Crippen molar-refractivity contribution in [3.8, 4) is 0 Å². The van der Waals surface area contributed by atoms with Crippen LogP contribution in [0.2, 0.25) is 0 Å². The molecule has 4 nitrogen and oxygen atoms in total. The quantitative estimate of drug-likeness (QED) is 0.371. The maximum atomic E-state index is 10.6. The fourth-order valence-electron chi connectivity index (χ4n) is 1.21. The Labute approximate surface area is 77.5 Å². The van der Waals surface area contributed by atoms with Crippen molar-refractivity contribution < 1.29 is 19.0 Å². The van der Waals surface area contributed by atoms with E-state index in [1.54, 1.807) is 7.11 Å². The summed E-state index contributed by atoms with van der Waals surface area (Å²) < 4.78 is 15.0. The highest BCUT2D eigenvalue weighted by atomic mass is 16.7. The monoisotopic (exact) mass is 186 g/mol. The second kappa shape index (κ2) is 4.99. The Morgan fingerprint density at radius 2 is 2.15 bits per heavy atom. The molecule has 1 rings (SSSR count). The zero-order chi connectivity index (χ0) is 9.68. The fraction of sp³-hybridized carbons (Fsp3) is 0.667. The maximum absolute atomic E-state index is 10.6. The fourth-order valence-corrected chi connectivity index (χ4v) is 1.21. The first-order valence-corrected chi connectivity index (χ1v) is 4.18. The van der Waals surface area contributed by atoms with E-state index in [4.69, 9.17) is 14.2 Å². The van der Waals surface area contributed by atoms with E-state index in [0.29, 0.717) is 6.42 Å². The van der Waals surface area contributed by atoms with Crippen molar-refractivity contribution in [1.82, 2.24) is 0 Å². The van der Waals surface area contributed by atoms with Gasteiger partial charge in [-0.25, -0.2) is 0 Å². The van der Waals surface area contributed by atoms with Crippen LogP contribution in [0.15, 0.2) is 12.2 Å². The van der Waals surface area contributed by atoms with E-state index in [9.17, 15) is 4.79 Å². The van der Waals surface area contributed by atoms with E-state index >= 15 is 0 Å². The molecule has 0 saturated carbocycles. The van der Waals surface area contributed by atoms with Gasteiger partial charge in [0.15, 0.2) is 0 Å². The van der Waals surface area contributed by atoms with Gasteiger partial charge in [0.2, 0.25) is 0 Å². The maximum Gasteiger partial charge on any atom is 0.303 e. The third kappa shape index (κ3) is 3.57. The lowest BCUT2D eigenvalue weighted by molar-refractivity contribution is -0.145. The van der Waals surface area contributed by atoms with E-state index in [2.05, 4.69) is 0 Å². The first-order chi connectivity index (χ1) is 6.22. The van der Waals surface area contributed by atoms with Gasteiger partial charge in [-0.1, -0.05) is 6.08 Å². The number of carbonyl (C=O) groups excluding carboxylic acids is 1. The molecule has 0 aromatic rings. The normalized spacial score (nSPS) is 26.3. The minimum absolute atomic E-state index is 0.00398. The van der Waals surface area contributed by atoms with Crippen molar-refractivity contribution in [3.63, 3.8) is 0 Å². The average molecular weight is 186 g/mol. The van der Waals surface area contributed by atoms with Crippen LogP contribution in [-0.4, -0.2) is 32.1 Å². The summed E-state index contributed by atoms with van der Waals surface area (Å²) in [5, 5.41) is 0. The van der Waals surface area contributed by atoms with Gasteiger partial charge in [0.05, 0.1) is 6.10 Å². The summed E-state index contributed by atoms with van der Waals surface area (Å²) in [5.41, 5.74) is 0. The highest BCUT2D eigenvalue weighted by Gasteiger charge is 2.21. The van der Waals surface area contributed by atoms with Gasteiger partial charge in [-0.3, -0.25) is 4.79 Å². The minimum Gasteiger partial charge on any atom is -0.458 e. The zero-order valence-electron chi connectivity index (χ0n) is 7.86. The molecule has 0 fully saturated rings. The molecular formula is C9H14O4. The predicted octanol–water partition coefficient (Wildman–Crippen LogP) is 0.867. The van der Waals surface area contributed by atoms with Crippen LogP contribution >= 0.6 is 0 Å². The first kappa shape index (κ1) is 10.2. The van der Waals surface area contributed by atoms with Gasteiger partial charge in [-0.05, 0) is 6.08 Å². The summed E-state index contributed by atoms with van der Waals surface area (Å²) in [5.74, 6) is -0.262. The smallest absolute Gasteiger partial charge is 0.303 e. The first-order valence-electron chi connectivity index (χ1n) is 4.18. The molecule has 0 aromatic heterocycles. The van der Waals surface area contributed by atoms with Crippen LogP contribution in [0, 0.1) is 0 Å². The van der Waals surface area contributed by atoms with E-state index in [1.807, 2.05) is 12.2 Å². The van der Waals surface area contributed by atoms with Crippen LogP contribution in [0.1, 0.15) is 13.3 Å². The summed E-state index contributed by atoms with van der Waals surface area (Å²) in [6.45, 7) is 1.67. The lowest BCUT2D eigenvalue weighted by Crippen LogP contribution is -2.17. The largest absolute Gasteiger partial charge is 0.458 e. The van der Waals surface area contributed by atoms with Crippen LogP contribution in [-0.2, 0) is 19.0 Å². The lowest BCUT2D eigenvalue weighted by Gasteiger charge is -2.12. The molecule has 0 saturated heterocycles. The van der Waals surface area contributed by atoms with Crippen molar-refractivity contribution in [2.24, 2.45) is 0 Å². The van der Waals surface area contributed by atoms with Crippen molar-refractivity contribution >= 4 is 5.97 Å². The van der Waals surface area contributed by atoms with E-state index in [-0.39, 0.29) is 25.0 Å². The molecule has 0 heterocycles. The van der Waals surface area contributed by atoms with Gasteiger partial charge in [-0.15, -0.1) is 0 Å². The van der Waals surface area contributed by atoms with E-state index in [0.717, 1.165) is 0 Å². The van der Waals surface area contributed by atoms with Gasteiger partial charge in [0.25, 0.3) is 0 Å². The molecule has 0 unspecified atom stereocenters. The van der Waals surface area contributed by atoms with E-state index < -0.39 is 0 Å². The Hall–Kier alpha value is -0.870. The van der Waals surface area contributed by atoms with Gasteiger partial charge in [-0.2, -0.15) is 0 Å². The molecule has 0 amide bonds. The highest BCUT2D eigenvalue weighted by Crippen LogP contribution is 2.17. The number of ether oxygens (including phenoxy) is 3. The second-order valence-electron chi connectivity index (χ2n) is 2.88.